The molecule has 118 valence electrons. The van der Waals surface area contributed by atoms with Gasteiger partial charge in [-0.1, -0.05) is 11.6 Å². The zero-order valence-corrected chi connectivity index (χ0v) is 13.6. The van der Waals surface area contributed by atoms with Crippen LogP contribution in [-0.2, 0) is 0 Å². The summed E-state index contributed by atoms with van der Waals surface area (Å²) in [4.78, 5) is 4.73. The second-order valence-corrected chi connectivity index (χ2v) is 6.16. The van der Waals surface area contributed by atoms with Gasteiger partial charge in [-0.15, -0.1) is 10.2 Å². The first-order valence-corrected chi connectivity index (χ1v) is 8.02. The molecule has 0 saturated carbocycles. The Hall–Kier alpha value is -2.34. The molecule has 6 nitrogen and oxygen atoms in total. The van der Waals surface area contributed by atoms with Gasteiger partial charge in [-0.3, -0.25) is 0 Å². The number of anilines is 2. The Balaban J connectivity index is 1.55. The predicted octanol–water partition coefficient (Wildman–Crippen LogP) is 2.41. The minimum absolute atomic E-state index is 0.772. The third-order valence-electron chi connectivity index (χ3n) is 4.18. The number of halogens is 1. The first-order chi connectivity index (χ1) is 11.2. The normalized spacial score (nSPS) is 15.4. The Labute approximate surface area is 139 Å². The number of benzene rings is 1. The third-order valence-corrected chi connectivity index (χ3v) is 4.43. The van der Waals surface area contributed by atoms with Crippen LogP contribution in [0.1, 0.15) is 5.69 Å². The molecule has 0 radical (unpaired) electrons. The molecule has 1 aromatic carbocycles. The summed E-state index contributed by atoms with van der Waals surface area (Å²) >= 11 is 5.97. The highest BCUT2D eigenvalue weighted by molar-refractivity contribution is 6.30. The van der Waals surface area contributed by atoms with E-state index in [0.29, 0.717) is 0 Å². The van der Waals surface area contributed by atoms with Crippen LogP contribution in [0.3, 0.4) is 0 Å². The lowest BCUT2D eigenvalue weighted by Crippen LogP contribution is -2.46. The molecule has 23 heavy (non-hydrogen) atoms. The summed E-state index contributed by atoms with van der Waals surface area (Å²) in [6.07, 6.45) is 1.65. The van der Waals surface area contributed by atoms with Gasteiger partial charge in [0.05, 0.1) is 11.4 Å². The van der Waals surface area contributed by atoms with Crippen molar-refractivity contribution in [2.24, 2.45) is 0 Å². The Morgan fingerprint density at radius 2 is 1.70 bits per heavy atom. The molecule has 2 aromatic heterocycles. The van der Waals surface area contributed by atoms with Crippen molar-refractivity contribution in [3.8, 4) is 0 Å². The van der Waals surface area contributed by atoms with E-state index >= 15 is 0 Å². The van der Waals surface area contributed by atoms with Gasteiger partial charge in [0.25, 0.3) is 0 Å². The van der Waals surface area contributed by atoms with E-state index in [9.17, 15) is 0 Å². The molecule has 0 atom stereocenters. The lowest BCUT2D eigenvalue weighted by Gasteiger charge is -2.37. The zero-order chi connectivity index (χ0) is 15.8. The molecule has 3 heterocycles. The number of nitrogens with zero attached hydrogens (tertiary/aromatic N) is 6. The quantitative estimate of drug-likeness (QED) is 0.723. The summed E-state index contributed by atoms with van der Waals surface area (Å²) in [5.74, 6) is 0. The molecule has 0 amide bonds. The molecule has 3 aromatic rings. The van der Waals surface area contributed by atoms with Crippen molar-refractivity contribution >= 4 is 28.6 Å². The molecule has 1 saturated heterocycles. The highest BCUT2D eigenvalue weighted by Gasteiger charge is 2.20. The fourth-order valence-corrected chi connectivity index (χ4v) is 3.15. The minimum Gasteiger partial charge on any atom is -0.368 e. The Morgan fingerprint density at radius 3 is 2.43 bits per heavy atom. The highest BCUT2D eigenvalue weighted by Crippen LogP contribution is 2.24. The van der Waals surface area contributed by atoms with Gasteiger partial charge in [-0.25, -0.2) is 0 Å². The SMILES string of the molecule is Cc1cc(N2CCN(c3ccc(Cl)cc3)CC2)c2nncn2n1. The Bertz CT molecular complexity index is 820. The second kappa shape index (κ2) is 5.70. The Morgan fingerprint density at radius 1 is 1.00 bits per heavy atom. The van der Waals surface area contributed by atoms with E-state index in [4.69, 9.17) is 11.6 Å². The average molecular weight is 329 g/mol. The van der Waals surface area contributed by atoms with Gasteiger partial charge in [0.2, 0.25) is 5.65 Å². The van der Waals surface area contributed by atoms with E-state index in [0.717, 1.165) is 48.2 Å². The van der Waals surface area contributed by atoms with E-state index in [1.54, 1.807) is 10.8 Å². The molecule has 0 unspecified atom stereocenters. The van der Waals surface area contributed by atoms with E-state index in [2.05, 4.69) is 43.3 Å². The molecule has 0 spiro atoms. The predicted molar refractivity (Wildman–Crippen MR) is 91.4 cm³/mol. The van der Waals surface area contributed by atoms with Crippen LogP contribution in [0.25, 0.3) is 5.65 Å². The fourth-order valence-electron chi connectivity index (χ4n) is 3.02. The van der Waals surface area contributed by atoms with Gasteiger partial charge in [0, 0.05) is 36.9 Å². The zero-order valence-electron chi connectivity index (χ0n) is 12.9. The summed E-state index contributed by atoms with van der Waals surface area (Å²) < 4.78 is 1.75. The van der Waals surface area contributed by atoms with Gasteiger partial charge in [0.15, 0.2) is 0 Å². The summed E-state index contributed by atoms with van der Waals surface area (Å²) in [5.41, 5.74) is 4.10. The number of hydrogen-bond acceptors (Lipinski definition) is 5. The third kappa shape index (κ3) is 2.70. The largest absolute Gasteiger partial charge is 0.368 e. The monoisotopic (exact) mass is 328 g/mol. The first kappa shape index (κ1) is 14.3. The second-order valence-electron chi connectivity index (χ2n) is 5.72. The smallest absolute Gasteiger partial charge is 0.200 e. The van der Waals surface area contributed by atoms with Gasteiger partial charge >= 0.3 is 0 Å². The molecule has 0 aliphatic carbocycles. The average Bonchev–Trinajstić information content (AvgIpc) is 3.03. The van der Waals surface area contributed by atoms with Crippen molar-refractivity contribution in [3.63, 3.8) is 0 Å². The van der Waals surface area contributed by atoms with Gasteiger partial charge in [-0.05, 0) is 37.3 Å². The van der Waals surface area contributed by atoms with Crippen LogP contribution in [0.15, 0.2) is 36.7 Å². The number of piperazine rings is 1. The van der Waals surface area contributed by atoms with E-state index in [1.165, 1.54) is 5.69 Å². The van der Waals surface area contributed by atoms with Crippen molar-refractivity contribution in [3.05, 3.63) is 47.4 Å². The van der Waals surface area contributed by atoms with E-state index in [-0.39, 0.29) is 0 Å². The maximum atomic E-state index is 5.97. The van der Waals surface area contributed by atoms with Crippen molar-refractivity contribution in [1.82, 2.24) is 19.8 Å². The number of hydrogen-bond donors (Lipinski definition) is 0. The summed E-state index contributed by atoms with van der Waals surface area (Å²) in [7, 11) is 0. The summed E-state index contributed by atoms with van der Waals surface area (Å²) in [6.45, 7) is 5.79. The molecular formula is C16H17ClN6. The molecule has 0 N–H and O–H groups in total. The lowest BCUT2D eigenvalue weighted by molar-refractivity contribution is 0.652. The molecule has 1 fully saturated rings. The molecule has 4 rings (SSSR count). The minimum atomic E-state index is 0.772. The van der Waals surface area contributed by atoms with Crippen molar-refractivity contribution in [2.75, 3.05) is 36.0 Å². The summed E-state index contributed by atoms with van der Waals surface area (Å²) in [6, 6.07) is 10.1. The van der Waals surface area contributed by atoms with Crippen LogP contribution >= 0.6 is 11.6 Å². The van der Waals surface area contributed by atoms with E-state index < -0.39 is 0 Å². The maximum absolute atomic E-state index is 5.97. The van der Waals surface area contributed by atoms with Gasteiger partial charge < -0.3 is 9.80 Å². The van der Waals surface area contributed by atoms with Crippen LogP contribution in [0.4, 0.5) is 11.4 Å². The summed E-state index contributed by atoms with van der Waals surface area (Å²) in [5, 5.41) is 13.3. The maximum Gasteiger partial charge on any atom is 0.200 e. The van der Waals surface area contributed by atoms with Crippen molar-refractivity contribution < 1.29 is 0 Å². The molecule has 0 bridgehead atoms. The number of aryl methyl sites for hydroxylation is 1. The standard InChI is InChI=1S/C16H17ClN6/c1-12-10-15(16-19-18-11-23(16)20-12)22-8-6-21(7-9-22)14-4-2-13(17)3-5-14/h2-5,10-11H,6-9H2,1H3. The van der Waals surface area contributed by atoms with Crippen molar-refractivity contribution in [1.29, 1.82) is 0 Å². The van der Waals surface area contributed by atoms with E-state index in [1.807, 2.05) is 19.1 Å². The van der Waals surface area contributed by atoms with Gasteiger partial charge in [-0.2, -0.15) is 9.61 Å². The Kier molecular flexibility index (Phi) is 3.53. The van der Waals surface area contributed by atoms with Crippen LogP contribution in [-0.4, -0.2) is 46.0 Å². The van der Waals surface area contributed by atoms with Crippen LogP contribution in [0, 0.1) is 6.92 Å². The van der Waals surface area contributed by atoms with Gasteiger partial charge in [0.1, 0.15) is 6.33 Å². The fraction of sp³-hybridized carbons (Fsp3) is 0.312. The molecule has 1 aliphatic heterocycles. The molecule has 7 heteroatoms. The molecular weight excluding hydrogens is 312 g/mol. The number of rotatable bonds is 2. The lowest BCUT2D eigenvalue weighted by atomic mass is 10.2. The molecule has 1 aliphatic rings. The van der Waals surface area contributed by atoms with Crippen LogP contribution < -0.4 is 9.80 Å². The topological polar surface area (TPSA) is 49.6 Å². The van der Waals surface area contributed by atoms with Crippen molar-refractivity contribution in [2.45, 2.75) is 6.92 Å². The first-order valence-electron chi connectivity index (χ1n) is 7.64. The van der Waals surface area contributed by atoms with Crippen LogP contribution in [0.5, 0.6) is 0 Å². The highest BCUT2D eigenvalue weighted by atomic mass is 35.5. The van der Waals surface area contributed by atoms with Crippen LogP contribution in [0.2, 0.25) is 5.02 Å². The number of fused-ring (bicyclic) bond motifs is 1. The number of aromatic nitrogens is 4.